The number of nitrogens with one attached hydrogen (secondary N) is 1. The largest absolute Gasteiger partial charge is 0.388 e. The quantitative estimate of drug-likeness (QED) is 0.583. The molecule has 0 saturated heterocycles. The lowest BCUT2D eigenvalue weighted by molar-refractivity contribution is 0.0121. The molecule has 0 bridgehead atoms. The Bertz CT molecular complexity index is 314. The van der Waals surface area contributed by atoms with Crippen molar-refractivity contribution in [3.63, 3.8) is 0 Å². The summed E-state index contributed by atoms with van der Waals surface area (Å²) in [7, 11) is 1.78. The highest BCUT2D eigenvalue weighted by atomic mass is 16.3. The van der Waals surface area contributed by atoms with E-state index in [1.165, 1.54) is 0 Å². The molecule has 1 aromatic carbocycles. The number of hydrogen-bond acceptors (Lipinski definition) is 3. The fourth-order valence-electron chi connectivity index (χ4n) is 1.94. The van der Waals surface area contributed by atoms with E-state index in [1.54, 1.807) is 7.05 Å². The van der Waals surface area contributed by atoms with Crippen LogP contribution in [-0.4, -0.2) is 23.4 Å². The number of aliphatic hydroxyl groups excluding tert-OH is 2. The van der Waals surface area contributed by atoms with E-state index in [0.717, 1.165) is 11.1 Å². The lowest BCUT2D eigenvalue weighted by atomic mass is 10.1. The van der Waals surface area contributed by atoms with E-state index in [0.29, 0.717) is 0 Å². The molecule has 1 aromatic rings. The van der Waals surface area contributed by atoms with Gasteiger partial charge in [0.05, 0.1) is 6.04 Å². The number of fused-ring (bicyclic) bond motifs is 1. The van der Waals surface area contributed by atoms with Crippen molar-refractivity contribution in [2.75, 3.05) is 7.05 Å². The number of hydrogen-bond donors (Lipinski definition) is 3. The zero-order chi connectivity index (χ0) is 9.42. The monoisotopic (exact) mass is 179 g/mol. The summed E-state index contributed by atoms with van der Waals surface area (Å²) in [5.41, 5.74) is 1.82. The maximum absolute atomic E-state index is 9.67. The summed E-state index contributed by atoms with van der Waals surface area (Å²) in [5.74, 6) is 0. The topological polar surface area (TPSA) is 52.5 Å². The molecule has 3 heteroatoms. The molecule has 0 aromatic heterocycles. The van der Waals surface area contributed by atoms with Crippen molar-refractivity contribution >= 4 is 0 Å². The van der Waals surface area contributed by atoms with Gasteiger partial charge in [0.15, 0.2) is 0 Å². The third-order valence-corrected chi connectivity index (χ3v) is 2.63. The molecule has 0 aliphatic heterocycles. The van der Waals surface area contributed by atoms with Gasteiger partial charge < -0.3 is 15.5 Å². The summed E-state index contributed by atoms with van der Waals surface area (Å²) in [6.45, 7) is 0. The smallest absolute Gasteiger partial charge is 0.107 e. The fourth-order valence-corrected chi connectivity index (χ4v) is 1.94. The molecule has 3 atom stereocenters. The van der Waals surface area contributed by atoms with E-state index in [1.807, 2.05) is 24.3 Å². The van der Waals surface area contributed by atoms with Gasteiger partial charge in [-0.3, -0.25) is 0 Å². The van der Waals surface area contributed by atoms with Crippen LogP contribution in [0.4, 0.5) is 0 Å². The van der Waals surface area contributed by atoms with Crippen LogP contribution in [0.2, 0.25) is 0 Å². The van der Waals surface area contributed by atoms with Crippen molar-refractivity contribution in [2.45, 2.75) is 18.2 Å². The van der Waals surface area contributed by atoms with Crippen LogP contribution in [0.3, 0.4) is 0 Å². The lowest BCUT2D eigenvalue weighted by Crippen LogP contribution is -2.27. The standard InChI is InChI=1S/C10H13NO2/c1-11-8-6-4-2-3-5-7(6)9(12)10(8)13/h2-5,8-13H,1H3/t8-,9+,10-/m0/s1. The van der Waals surface area contributed by atoms with Gasteiger partial charge in [-0.05, 0) is 18.2 Å². The van der Waals surface area contributed by atoms with E-state index >= 15 is 0 Å². The zero-order valence-electron chi connectivity index (χ0n) is 7.44. The highest BCUT2D eigenvalue weighted by Gasteiger charge is 2.37. The number of likely N-dealkylation sites (N-methyl/N-ethyl adjacent to an activating group) is 1. The molecular formula is C10H13NO2. The summed E-state index contributed by atoms with van der Waals surface area (Å²) >= 11 is 0. The first kappa shape index (κ1) is 8.69. The minimum Gasteiger partial charge on any atom is -0.388 e. The van der Waals surface area contributed by atoms with Crippen LogP contribution in [0.5, 0.6) is 0 Å². The average Bonchev–Trinajstić information content (AvgIpc) is 2.41. The maximum Gasteiger partial charge on any atom is 0.107 e. The Kier molecular flexibility index (Phi) is 2.07. The van der Waals surface area contributed by atoms with Gasteiger partial charge >= 0.3 is 0 Å². The Morgan fingerprint density at radius 3 is 2.38 bits per heavy atom. The van der Waals surface area contributed by atoms with E-state index in [2.05, 4.69) is 5.32 Å². The molecule has 0 unspecified atom stereocenters. The number of benzene rings is 1. The first-order valence-electron chi connectivity index (χ1n) is 4.38. The van der Waals surface area contributed by atoms with E-state index in [4.69, 9.17) is 0 Å². The van der Waals surface area contributed by atoms with Crippen LogP contribution in [0.1, 0.15) is 23.3 Å². The van der Waals surface area contributed by atoms with Gasteiger partial charge in [0.1, 0.15) is 12.2 Å². The molecular weight excluding hydrogens is 166 g/mol. The van der Waals surface area contributed by atoms with Crippen LogP contribution >= 0.6 is 0 Å². The second-order valence-electron chi connectivity index (χ2n) is 3.33. The summed E-state index contributed by atoms with van der Waals surface area (Å²) in [6, 6.07) is 7.41. The average molecular weight is 179 g/mol. The molecule has 0 saturated carbocycles. The molecule has 13 heavy (non-hydrogen) atoms. The van der Waals surface area contributed by atoms with E-state index < -0.39 is 12.2 Å². The van der Waals surface area contributed by atoms with Crippen molar-refractivity contribution in [1.82, 2.24) is 5.32 Å². The predicted octanol–water partition coefficient (Wildman–Crippen LogP) is 0.355. The van der Waals surface area contributed by atoms with E-state index in [-0.39, 0.29) is 6.04 Å². The lowest BCUT2D eigenvalue weighted by Gasteiger charge is -2.15. The van der Waals surface area contributed by atoms with Gasteiger partial charge in [-0.15, -0.1) is 0 Å². The van der Waals surface area contributed by atoms with Crippen molar-refractivity contribution in [1.29, 1.82) is 0 Å². The SMILES string of the molecule is CN[C@H]1c2ccccc2[C@@H](O)[C@H]1O. The first-order valence-corrected chi connectivity index (χ1v) is 4.38. The normalized spacial score (nSPS) is 31.8. The van der Waals surface area contributed by atoms with Gasteiger partial charge in [-0.25, -0.2) is 0 Å². The van der Waals surface area contributed by atoms with E-state index in [9.17, 15) is 10.2 Å². The minimum absolute atomic E-state index is 0.147. The van der Waals surface area contributed by atoms with Gasteiger partial charge in [-0.1, -0.05) is 24.3 Å². The third-order valence-electron chi connectivity index (χ3n) is 2.63. The minimum atomic E-state index is -0.756. The Morgan fingerprint density at radius 1 is 1.15 bits per heavy atom. The Balaban J connectivity index is 2.47. The van der Waals surface area contributed by atoms with Crippen LogP contribution in [-0.2, 0) is 0 Å². The summed E-state index contributed by atoms with van der Waals surface area (Å²) < 4.78 is 0. The molecule has 70 valence electrons. The second kappa shape index (κ2) is 3.10. The molecule has 0 heterocycles. The van der Waals surface area contributed by atoms with Crippen LogP contribution in [0.15, 0.2) is 24.3 Å². The highest BCUT2D eigenvalue weighted by Crippen LogP contribution is 2.38. The summed E-state index contributed by atoms with van der Waals surface area (Å²) in [6.07, 6.45) is -1.49. The Morgan fingerprint density at radius 2 is 1.77 bits per heavy atom. The first-order chi connectivity index (χ1) is 6.25. The van der Waals surface area contributed by atoms with Crippen molar-refractivity contribution in [3.8, 4) is 0 Å². The van der Waals surface area contributed by atoms with Crippen molar-refractivity contribution in [3.05, 3.63) is 35.4 Å². The van der Waals surface area contributed by atoms with Gasteiger partial charge in [0.2, 0.25) is 0 Å². The predicted molar refractivity (Wildman–Crippen MR) is 49.2 cm³/mol. The van der Waals surface area contributed by atoms with Gasteiger partial charge in [0.25, 0.3) is 0 Å². The van der Waals surface area contributed by atoms with Gasteiger partial charge in [-0.2, -0.15) is 0 Å². The zero-order valence-corrected chi connectivity index (χ0v) is 7.44. The molecule has 1 aliphatic carbocycles. The molecule has 0 radical (unpaired) electrons. The molecule has 0 amide bonds. The molecule has 0 fully saturated rings. The Hall–Kier alpha value is -0.900. The highest BCUT2D eigenvalue weighted by molar-refractivity contribution is 5.38. The molecule has 1 aliphatic rings. The fraction of sp³-hybridized carbons (Fsp3) is 0.400. The number of aliphatic hydroxyl groups is 2. The summed E-state index contributed by atoms with van der Waals surface area (Å²) in [5, 5.41) is 22.3. The summed E-state index contributed by atoms with van der Waals surface area (Å²) in [4.78, 5) is 0. The van der Waals surface area contributed by atoms with Crippen molar-refractivity contribution < 1.29 is 10.2 Å². The van der Waals surface area contributed by atoms with Crippen LogP contribution < -0.4 is 5.32 Å². The molecule has 3 N–H and O–H groups in total. The third kappa shape index (κ3) is 1.16. The molecule has 3 nitrogen and oxygen atoms in total. The Labute approximate surface area is 77.0 Å². The number of rotatable bonds is 1. The van der Waals surface area contributed by atoms with Crippen LogP contribution in [0.25, 0.3) is 0 Å². The molecule has 2 rings (SSSR count). The van der Waals surface area contributed by atoms with Crippen LogP contribution in [0, 0.1) is 0 Å². The maximum atomic E-state index is 9.67. The molecule has 0 spiro atoms. The second-order valence-corrected chi connectivity index (χ2v) is 3.33. The van der Waals surface area contributed by atoms with Gasteiger partial charge in [0, 0.05) is 0 Å². The van der Waals surface area contributed by atoms with Crippen molar-refractivity contribution in [2.24, 2.45) is 0 Å².